The van der Waals surface area contributed by atoms with E-state index in [1.807, 2.05) is 29.2 Å². The molecule has 0 N–H and O–H groups in total. The van der Waals surface area contributed by atoms with Gasteiger partial charge in [0.15, 0.2) is 0 Å². The summed E-state index contributed by atoms with van der Waals surface area (Å²) in [4.78, 5) is 2.01. The molecule has 96 valence electrons. The minimum atomic E-state index is -6.00. The number of rotatable bonds is 1. The van der Waals surface area contributed by atoms with Crippen LogP contribution in [0.15, 0.2) is 24.3 Å². The fraction of sp³-hybridized carbons (Fsp3) is 0.333. The van der Waals surface area contributed by atoms with Crippen LogP contribution in [0.3, 0.4) is 0 Å². The van der Waals surface area contributed by atoms with Gasteiger partial charge in [-0.3, -0.25) is 0 Å². The van der Waals surface area contributed by atoms with Gasteiger partial charge in [-0.25, -0.2) is 0 Å². The number of hydrogen-bond acceptors (Lipinski definition) is 2. The maximum absolute atomic E-state index is 9.75. The van der Waals surface area contributed by atoms with Gasteiger partial charge in [0.25, 0.3) is 5.69 Å². The van der Waals surface area contributed by atoms with Gasteiger partial charge in [0.2, 0.25) is 0 Å². The molecule has 0 aliphatic carbocycles. The van der Waals surface area contributed by atoms with Crippen LogP contribution in [-0.4, -0.2) is 19.5 Å². The molecule has 1 aromatic carbocycles. The molecule has 2 nitrogen and oxygen atoms in total. The molecule has 0 saturated heterocycles. The van der Waals surface area contributed by atoms with Crippen LogP contribution in [0.5, 0.6) is 5.75 Å². The Labute approximate surface area is 103 Å². The lowest BCUT2D eigenvalue weighted by atomic mass is 10.3. The lowest BCUT2D eigenvalue weighted by Gasteiger charge is -2.17. The molecule has 1 aliphatic rings. The minimum absolute atomic E-state index is 0. The summed E-state index contributed by atoms with van der Waals surface area (Å²) >= 11 is 5.95. The van der Waals surface area contributed by atoms with Gasteiger partial charge >= 0.3 is 8.68 Å². The SMILES string of the molecule is CCN1c2ccccc2OC1Cl.F[B-](F)(F)F.[H+]. The summed E-state index contributed by atoms with van der Waals surface area (Å²) in [5, 5.41) is 0. The molecule has 1 aromatic rings. The normalized spacial score (nSPS) is 18.0. The molecule has 0 radical (unpaired) electrons. The summed E-state index contributed by atoms with van der Waals surface area (Å²) in [5.74, 6) is 0.874. The maximum atomic E-state index is 9.75. The number of ether oxygens (including phenoxy) is 1. The lowest BCUT2D eigenvalue weighted by Crippen LogP contribution is -2.29. The lowest BCUT2D eigenvalue weighted by molar-refractivity contribution is 0.307. The van der Waals surface area contributed by atoms with E-state index in [1.165, 1.54) is 0 Å². The Hall–Kier alpha value is -1.11. The number of benzene rings is 1. The third-order valence-electron chi connectivity index (χ3n) is 1.98. The van der Waals surface area contributed by atoms with Gasteiger partial charge in [-0.2, -0.15) is 0 Å². The van der Waals surface area contributed by atoms with Crippen LogP contribution in [0.4, 0.5) is 23.0 Å². The van der Waals surface area contributed by atoms with E-state index in [1.54, 1.807) is 0 Å². The second-order valence-electron chi connectivity index (χ2n) is 3.16. The van der Waals surface area contributed by atoms with Crippen molar-refractivity contribution in [3.05, 3.63) is 24.3 Å². The van der Waals surface area contributed by atoms with Crippen LogP contribution in [0, 0.1) is 0 Å². The zero-order valence-electron chi connectivity index (χ0n) is 9.92. The highest BCUT2D eigenvalue weighted by atomic mass is 35.5. The zero-order valence-corrected chi connectivity index (χ0v) is 9.67. The molecule has 0 saturated carbocycles. The zero-order chi connectivity index (χ0) is 13.1. The third kappa shape index (κ3) is 4.34. The molecule has 1 heterocycles. The van der Waals surface area contributed by atoms with Gasteiger partial charge < -0.3 is 26.9 Å². The quantitative estimate of drug-likeness (QED) is 0.333. The molecular formula is C9H11BClF4NO. The van der Waals surface area contributed by atoms with Crippen LogP contribution in [-0.2, 0) is 0 Å². The number of nitrogens with zero attached hydrogens (tertiary/aromatic N) is 1. The van der Waals surface area contributed by atoms with E-state index >= 15 is 0 Å². The number of fused-ring (bicyclic) bond motifs is 1. The van der Waals surface area contributed by atoms with Crippen molar-refractivity contribution in [1.29, 1.82) is 0 Å². The summed E-state index contributed by atoms with van der Waals surface area (Å²) < 4.78 is 44.4. The largest absolute Gasteiger partial charge is 1.00 e. The average molecular weight is 271 g/mol. The number of anilines is 1. The second-order valence-corrected chi connectivity index (χ2v) is 3.53. The second kappa shape index (κ2) is 5.49. The van der Waals surface area contributed by atoms with Gasteiger partial charge in [-0.05, 0) is 19.1 Å². The Kier molecular flexibility index (Phi) is 4.50. The first kappa shape index (κ1) is 14.0. The van der Waals surface area contributed by atoms with Gasteiger partial charge in [-0.15, -0.1) is 0 Å². The number of halogens is 5. The first-order valence-corrected chi connectivity index (χ1v) is 5.30. The highest BCUT2D eigenvalue weighted by Gasteiger charge is 2.26. The van der Waals surface area contributed by atoms with E-state index in [0.29, 0.717) is 0 Å². The molecule has 17 heavy (non-hydrogen) atoms. The van der Waals surface area contributed by atoms with Gasteiger partial charge in [0, 0.05) is 6.54 Å². The van der Waals surface area contributed by atoms with Crippen molar-refractivity contribution in [2.45, 2.75) is 12.6 Å². The van der Waals surface area contributed by atoms with Crippen LogP contribution in [0.2, 0.25) is 0 Å². The number of alkyl halides is 1. The van der Waals surface area contributed by atoms with Crippen molar-refractivity contribution in [2.24, 2.45) is 0 Å². The molecule has 1 unspecified atom stereocenters. The smallest absolute Gasteiger partial charge is 0.454 e. The summed E-state index contributed by atoms with van der Waals surface area (Å²) in [7, 11) is -6.00. The predicted molar refractivity (Wildman–Crippen MR) is 61.0 cm³/mol. The molecule has 0 amide bonds. The molecular weight excluding hydrogens is 260 g/mol. The van der Waals surface area contributed by atoms with Crippen LogP contribution >= 0.6 is 11.6 Å². The molecule has 1 atom stereocenters. The molecule has 0 fully saturated rings. The number of hydrogen-bond donors (Lipinski definition) is 0. The Morgan fingerprint density at radius 1 is 1.35 bits per heavy atom. The van der Waals surface area contributed by atoms with Crippen molar-refractivity contribution >= 4 is 24.5 Å². The van der Waals surface area contributed by atoms with E-state index in [9.17, 15) is 17.3 Å². The first-order valence-electron chi connectivity index (χ1n) is 4.86. The van der Waals surface area contributed by atoms with E-state index < -0.39 is 7.25 Å². The first-order chi connectivity index (χ1) is 7.83. The van der Waals surface area contributed by atoms with Crippen molar-refractivity contribution in [3.8, 4) is 5.75 Å². The van der Waals surface area contributed by atoms with Gasteiger partial charge in [0.05, 0.1) is 5.69 Å². The maximum Gasteiger partial charge on any atom is 1.00 e. The summed E-state index contributed by atoms with van der Waals surface area (Å²) in [6.07, 6.45) is 0. The third-order valence-corrected chi connectivity index (χ3v) is 2.31. The summed E-state index contributed by atoms with van der Waals surface area (Å²) in [5.41, 5.74) is 0.743. The van der Waals surface area contributed by atoms with Crippen molar-refractivity contribution < 1.29 is 23.4 Å². The fourth-order valence-corrected chi connectivity index (χ4v) is 1.72. The monoisotopic (exact) mass is 271 g/mol. The van der Waals surface area contributed by atoms with Crippen LogP contribution in [0.1, 0.15) is 8.35 Å². The summed E-state index contributed by atoms with van der Waals surface area (Å²) in [6, 6.07) is 7.88. The van der Waals surface area contributed by atoms with Crippen molar-refractivity contribution in [2.75, 3.05) is 11.4 Å². The molecule has 0 aromatic heterocycles. The van der Waals surface area contributed by atoms with E-state index in [4.69, 9.17) is 16.3 Å². The Morgan fingerprint density at radius 2 is 1.88 bits per heavy atom. The van der Waals surface area contributed by atoms with E-state index in [-0.39, 0.29) is 7.11 Å². The Bertz CT molecular complexity index is 376. The highest BCUT2D eigenvalue weighted by Crippen LogP contribution is 2.37. The molecule has 0 bridgehead atoms. The van der Waals surface area contributed by atoms with Crippen LogP contribution < -0.4 is 9.64 Å². The predicted octanol–water partition coefficient (Wildman–Crippen LogP) is 3.84. The van der Waals surface area contributed by atoms with Gasteiger partial charge in [0.1, 0.15) is 5.75 Å². The van der Waals surface area contributed by atoms with Crippen molar-refractivity contribution in [1.82, 2.24) is 0 Å². The number of para-hydroxylation sites is 2. The minimum Gasteiger partial charge on any atom is -0.454 e. The van der Waals surface area contributed by atoms with E-state index in [0.717, 1.165) is 18.0 Å². The van der Waals surface area contributed by atoms with Crippen LogP contribution in [0.25, 0.3) is 0 Å². The summed E-state index contributed by atoms with van der Waals surface area (Å²) in [6.45, 7) is 2.92. The fourth-order valence-electron chi connectivity index (χ4n) is 1.39. The Balaban J connectivity index is 0.000000421. The highest BCUT2D eigenvalue weighted by molar-refractivity contribution is 6.50. The van der Waals surface area contributed by atoms with Gasteiger partial charge in [-0.1, -0.05) is 23.7 Å². The Morgan fingerprint density at radius 3 is 2.41 bits per heavy atom. The van der Waals surface area contributed by atoms with Crippen molar-refractivity contribution in [3.63, 3.8) is 0 Å². The molecule has 1 aliphatic heterocycles. The average Bonchev–Trinajstić information content (AvgIpc) is 2.50. The topological polar surface area (TPSA) is 12.5 Å². The molecule has 8 heteroatoms. The molecule has 0 spiro atoms. The van der Waals surface area contributed by atoms with E-state index in [2.05, 4.69) is 6.92 Å². The molecule has 2 rings (SSSR count). The standard InChI is InChI=1S/C9H10ClNO.BF4/c1-2-11-7-5-3-4-6-8(7)12-9(11)10;2-1(3,4)5/h3-6,9H,2H2,1H3;/q;-1/p+1.